The van der Waals surface area contributed by atoms with Gasteiger partial charge in [-0.3, -0.25) is 0 Å². The first kappa shape index (κ1) is 10.2. The zero-order valence-electron chi connectivity index (χ0n) is 10.7. The summed E-state index contributed by atoms with van der Waals surface area (Å²) in [5, 5.41) is 0. The minimum absolute atomic E-state index is 0.623. The highest BCUT2D eigenvalue weighted by molar-refractivity contribution is 6.88. The topological polar surface area (TPSA) is 3.24 Å². The summed E-state index contributed by atoms with van der Waals surface area (Å²) >= 11 is 0. The Morgan fingerprint density at radius 1 is 1.00 bits per heavy atom. The molecule has 0 spiro atoms. The Morgan fingerprint density at radius 2 is 1.83 bits per heavy atom. The molecule has 2 heteroatoms. The first-order chi connectivity index (χ1) is 8.86. The van der Waals surface area contributed by atoms with Crippen LogP contribution in [0.15, 0.2) is 42.5 Å². The third-order valence-electron chi connectivity index (χ3n) is 4.50. The third-order valence-corrected chi connectivity index (χ3v) is 4.50. The van der Waals surface area contributed by atoms with Crippen LogP contribution in [0.3, 0.4) is 0 Å². The molecule has 0 saturated carbocycles. The van der Waals surface area contributed by atoms with E-state index in [9.17, 15) is 0 Å². The van der Waals surface area contributed by atoms with Crippen LogP contribution in [0.5, 0.6) is 0 Å². The van der Waals surface area contributed by atoms with Crippen LogP contribution in [-0.4, -0.2) is 13.8 Å². The van der Waals surface area contributed by atoms with Crippen molar-refractivity contribution in [1.29, 1.82) is 0 Å². The molecular weight excluding hydrogens is 217 g/mol. The molecule has 0 radical (unpaired) electrons. The molecule has 2 aromatic rings. The number of rotatable bonds is 0. The van der Waals surface area contributed by atoms with E-state index in [1.165, 1.54) is 36.0 Å². The molecule has 18 heavy (non-hydrogen) atoms. The van der Waals surface area contributed by atoms with Crippen molar-refractivity contribution in [2.24, 2.45) is 0 Å². The van der Waals surface area contributed by atoms with Crippen LogP contribution in [0.1, 0.15) is 12.0 Å². The summed E-state index contributed by atoms with van der Waals surface area (Å²) in [6.45, 7) is 0.623. The SMILES string of the molecule is CN1c2ccccc2B2CCCc3cccc1c32. The molecule has 2 heterocycles. The predicted octanol–water partition coefficient (Wildman–Crippen LogP) is 2.32. The maximum absolute atomic E-state index is 2.36. The van der Waals surface area contributed by atoms with E-state index in [-0.39, 0.29) is 0 Å². The Balaban J connectivity index is 2.03. The van der Waals surface area contributed by atoms with Crippen LogP contribution < -0.4 is 15.8 Å². The molecule has 2 aromatic carbocycles. The van der Waals surface area contributed by atoms with Gasteiger partial charge in [-0.05, 0) is 24.0 Å². The zero-order chi connectivity index (χ0) is 12.1. The molecule has 0 aromatic heterocycles. The average Bonchev–Trinajstić information content (AvgIpc) is 2.44. The van der Waals surface area contributed by atoms with Gasteiger partial charge in [0.05, 0.1) is 0 Å². The van der Waals surface area contributed by atoms with E-state index in [1.807, 2.05) is 0 Å². The molecule has 88 valence electrons. The minimum atomic E-state index is 0.623. The molecule has 0 unspecified atom stereocenters. The molecule has 2 aliphatic heterocycles. The van der Waals surface area contributed by atoms with Crippen molar-refractivity contribution in [3.63, 3.8) is 0 Å². The number of benzene rings is 2. The number of anilines is 2. The van der Waals surface area contributed by atoms with Gasteiger partial charge < -0.3 is 4.90 Å². The normalized spacial score (nSPS) is 16.3. The molecule has 0 amide bonds. The number of aryl methyl sites for hydroxylation is 1. The van der Waals surface area contributed by atoms with Crippen molar-refractivity contribution in [1.82, 2.24) is 0 Å². The fourth-order valence-corrected chi connectivity index (χ4v) is 3.68. The summed E-state index contributed by atoms with van der Waals surface area (Å²) < 4.78 is 0. The second kappa shape index (κ2) is 3.65. The molecule has 0 aliphatic carbocycles. The molecule has 1 nitrogen and oxygen atoms in total. The van der Waals surface area contributed by atoms with Gasteiger partial charge in [0.25, 0.3) is 0 Å². The van der Waals surface area contributed by atoms with Gasteiger partial charge in [0.2, 0.25) is 6.71 Å². The highest BCUT2D eigenvalue weighted by atomic mass is 15.1. The molecule has 2 aliphatic rings. The van der Waals surface area contributed by atoms with Crippen LogP contribution in [0.25, 0.3) is 0 Å². The van der Waals surface area contributed by atoms with Crippen LogP contribution in [0, 0.1) is 0 Å². The maximum Gasteiger partial charge on any atom is 0.215 e. The molecule has 0 saturated heterocycles. The van der Waals surface area contributed by atoms with E-state index in [0.29, 0.717) is 6.71 Å². The fraction of sp³-hybridized carbons (Fsp3) is 0.250. The van der Waals surface area contributed by atoms with E-state index in [0.717, 1.165) is 0 Å². The first-order valence-corrected chi connectivity index (χ1v) is 6.80. The van der Waals surface area contributed by atoms with Crippen LogP contribution in [0.4, 0.5) is 11.4 Å². The van der Waals surface area contributed by atoms with Crippen molar-refractivity contribution >= 4 is 29.0 Å². The zero-order valence-corrected chi connectivity index (χ0v) is 10.7. The molecule has 0 N–H and O–H groups in total. The Kier molecular flexibility index (Phi) is 2.08. The van der Waals surface area contributed by atoms with Crippen molar-refractivity contribution in [2.45, 2.75) is 19.2 Å². The number of fused-ring (bicyclic) bond motifs is 2. The fourth-order valence-electron chi connectivity index (χ4n) is 3.68. The average molecular weight is 233 g/mol. The van der Waals surface area contributed by atoms with E-state index in [2.05, 4.69) is 54.4 Å². The van der Waals surface area contributed by atoms with E-state index in [1.54, 1.807) is 11.0 Å². The molecule has 0 fully saturated rings. The Labute approximate surface area is 109 Å². The van der Waals surface area contributed by atoms with Gasteiger partial charge in [0.15, 0.2) is 0 Å². The largest absolute Gasteiger partial charge is 0.345 e. The second-order valence-corrected chi connectivity index (χ2v) is 5.41. The predicted molar refractivity (Wildman–Crippen MR) is 79.1 cm³/mol. The summed E-state index contributed by atoms with van der Waals surface area (Å²) in [5.74, 6) is 0. The van der Waals surface area contributed by atoms with Crippen molar-refractivity contribution in [3.05, 3.63) is 48.0 Å². The number of hydrogen-bond donors (Lipinski definition) is 0. The highest BCUT2D eigenvalue weighted by Crippen LogP contribution is 2.31. The van der Waals surface area contributed by atoms with Crippen molar-refractivity contribution in [3.8, 4) is 0 Å². The standard InChI is InChI=1S/C16H16BN/c1-18-14-9-3-2-8-13(14)17-11-5-7-12-6-4-10-15(18)16(12)17/h2-4,6,8-10H,5,7,11H2,1H3. The summed E-state index contributed by atoms with van der Waals surface area (Å²) in [6.07, 6.45) is 3.86. The lowest BCUT2D eigenvalue weighted by molar-refractivity contribution is 0.898. The van der Waals surface area contributed by atoms with Crippen molar-refractivity contribution in [2.75, 3.05) is 11.9 Å². The summed E-state index contributed by atoms with van der Waals surface area (Å²) in [5.41, 5.74) is 7.46. The van der Waals surface area contributed by atoms with Gasteiger partial charge in [-0.25, -0.2) is 0 Å². The summed E-state index contributed by atoms with van der Waals surface area (Å²) in [7, 11) is 2.19. The van der Waals surface area contributed by atoms with Gasteiger partial charge in [-0.1, -0.05) is 54.1 Å². The molecule has 0 atom stereocenters. The monoisotopic (exact) mass is 233 g/mol. The van der Waals surface area contributed by atoms with E-state index < -0.39 is 0 Å². The highest BCUT2D eigenvalue weighted by Gasteiger charge is 2.34. The van der Waals surface area contributed by atoms with E-state index in [4.69, 9.17) is 0 Å². The van der Waals surface area contributed by atoms with Gasteiger partial charge in [0.1, 0.15) is 0 Å². The number of para-hydroxylation sites is 1. The second-order valence-electron chi connectivity index (χ2n) is 5.41. The smallest absolute Gasteiger partial charge is 0.215 e. The summed E-state index contributed by atoms with van der Waals surface area (Å²) in [6, 6.07) is 15.7. The van der Waals surface area contributed by atoms with Crippen LogP contribution in [0.2, 0.25) is 6.32 Å². The van der Waals surface area contributed by atoms with Gasteiger partial charge in [0, 0.05) is 18.4 Å². The Hall–Kier alpha value is -1.70. The third kappa shape index (κ3) is 1.23. The molecule has 4 rings (SSSR count). The lowest BCUT2D eigenvalue weighted by Crippen LogP contribution is -2.53. The quantitative estimate of drug-likeness (QED) is 0.631. The molecular formula is C16H16BN. The van der Waals surface area contributed by atoms with Crippen molar-refractivity contribution < 1.29 is 0 Å². The lowest BCUT2D eigenvalue weighted by Gasteiger charge is -2.37. The van der Waals surface area contributed by atoms with Gasteiger partial charge in [-0.15, -0.1) is 0 Å². The van der Waals surface area contributed by atoms with Gasteiger partial charge >= 0.3 is 0 Å². The number of nitrogens with zero attached hydrogens (tertiary/aromatic N) is 1. The van der Waals surface area contributed by atoms with Crippen LogP contribution in [-0.2, 0) is 6.42 Å². The van der Waals surface area contributed by atoms with Crippen LogP contribution >= 0.6 is 0 Å². The molecule has 0 bridgehead atoms. The lowest BCUT2D eigenvalue weighted by atomic mass is 9.34. The van der Waals surface area contributed by atoms with Gasteiger partial charge in [-0.2, -0.15) is 0 Å². The minimum Gasteiger partial charge on any atom is -0.345 e. The summed E-state index contributed by atoms with van der Waals surface area (Å²) in [4.78, 5) is 2.36. The first-order valence-electron chi connectivity index (χ1n) is 6.80. The Bertz CT molecular complexity index is 620. The van der Waals surface area contributed by atoms with E-state index >= 15 is 0 Å². The Morgan fingerprint density at radius 3 is 2.78 bits per heavy atom. The number of hydrogen-bond acceptors (Lipinski definition) is 1. The maximum atomic E-state index is 2.36.